The zero-order valence-electron chi connectivity index (χ0n) is 31.3. The number of hydrogen-bond donors (Lipinski definition) is 3. The van der Waals surface area contributed by atoms with E-state index in [1.165, 1.54) is 11.6 Å². The summed E-state index contributed by atoms with van der Waals surface area (Å²) in [7, 11) is 0. The third-order valence-electron chi connectivity index (χ3n) is 12.2. The number of nitrogens with two attached hydrogens (primary N) is 2. The summed E-state index contributed by atoms with van der Waals surface area (Å²) in [6.45, 7) is 6.79. The molecule has 2 bridgehead atoms. The number of rotatable bonds is 6. The third kappa shape index (κ3) is 5.50. The first-order valence-electron chi connectivity index (χ1n) is 19.2. The quantitative estimate of drug-likeness (QED) is 0.125. The van der Waals surface area contributed by atoms with E-state index in [1.54, 1.807) is 19.1 Å². The topological polar surface area (TPSA) is 192 Å². The summed E-state index contributed by atoms with van der Waals surface area (Å²) in [5.74, 6) is 0.233. The highest BCUT2D eigenvalue weighted by atomic mass is 16.7. The molecule has 286 valence electrons. The molecule has 2 fully saturated rings. The lowest BCUT2D eigenvalue weighted by Crippen LogP contribution is -2.53. The van der Waals surface area contributed by atoms with Gasteiger partial charge in [-0.2, -0.15) is 0 Å². The van der Waals surface area contributed by atoms with Crippen LogP contribution >= 0.6 is 0 Å². The van der Waals surface area contributed by atoms with Crippen molar-refractivity contribution < 1.29 is 28.5 Å². The molecule has 1 aliphatic carbocycles. The number of aromatic hydroxyl groups is 1. The van der Waals surface area contributed by atoms with Crippen molar-refractivity contribution in [1.82, 2.24) is 14.9 Å². The SMILES string of the molecule is Cc1cc(=O)c2c(O)c3c(cc2o1)OC(C)(C)[C@@H]1OC(=O)[C@]2(O[C@@H]2CCc2cc(N)nc(-c4cc(N)nc(CN5C=C6N=CC=C6C5)c4)c2)[C@@H]2C=C[C@@H](CC2)[C@H]31. The van der Waals surface area contributed by atoms with E-state index in [1.807, 2.05) is 50.5 Å². The number of nitrogens with zero attached hydrogens (tertiary/aromatic N) is 4. The molecule has 11 rings (SSSR count). The largest absolute Gasteiger partial charge is 0.507 e. The molecule has 0 saturated carbocycles. The smallest absolute Gasteiger partial charge is 0.342 e. The molecule has 2 saturated heterocycles. The fourth-order valence-corrected chi connectivity index (χ4v) is 9.65. The summed E-state index contributed by atoms with van der Waals surface area (Å²) in [5.41, 5.74) is 16.3. The molecule has 9 heterocycles. The standard InChI is InChI=1S/C43H42N6O7/c1-21-12-30(50)37-31(53-21)17-32-38(39(37)51)36-23-5-7-26(8-6-23)43(41(52)54-40(36)42(2,3)55-32)33(56-43)9-4-22-13-28(48-34(44)14-22)25-15-27(47-35(45)16-25)19-49-18-24-10-11-46-29(24)20-49/h5,7,10-17,20,23,26,33,36,40,51H,4,6,8-9,18-19H2,1-3H3,(H2,44,48)(H2,45,47)/t23-,26+,33+,36+,40+,43-/m0/s1. The summed E-state index contributed by atoms with van der Waals surface area (Å²) in [5, 5.41) is 11.8. The van der Waals surface area contributed by atoms with Gasteiger partial charge in [0.25, 0.3) is 0 Å². The summed E-state index contributed by atoms with van der Waals surface area (Å²) in [6.07, 6.45) is 11.5. The second kappa shape index (κ2) is 12.3. The van der Waals surface area contributed by atoms with Crippen LogP contribution in [0.5, 0.6) is 11.5 Å². The van der Waals surface area contributed by atoms with E-state index in [4.69, 9.17) is 30.1 Å². The number of hydrogen-bond acceptors (Lipinski definition) is 13. The monoisotopic (exact) mass is 754 g/mol. The predicted molar refractivity (Wildman–Crippen MR) is 209 cm³/mol. The molecular formula is C43H42N6O7. The highest BCUT2D eigenvalue weighted by Gasteiger charge is 2.69. The fourth-order valence-electron chi connectivity index (χ4n) is 9.65. The number of pyridine rings is 2. The molecule has 0 amide bonds. The van der Waals surface area contributed by atoms with Gasteiger partial charge in [0.15, 0.2) is 11.0 Å². The first-order chi connectivity index (χ1) is 26.9. The van der Waals surface area contributed by atoms with Gasteiger partial charge in [0, 0.05) is 59.6 Å². The van der Waals surface area contributed by atoms with E-state index in [0.29, 0.717) is 60.2 Å². The summed E-state index contributed by atoms with van der Waals surface area (Å²) >= 11 is 0. The molecule has 6 aliphatic heterocycles. The van der Waals surface area contributed by atoms with Crippen molar-refractivity contribution in [3.8, 4) is 22.8 Å². The number of anilines is 2. The Balaban J connectivity index is 0.903. The number of phenolic OH excluding ortho intramolecular Hbond substituents is 1. The average molecular weight is 755 g/mol. The van der Waals surface area contributed by atoms with Crippen molar-refractivity contribution in [3.63, 3.8) is 0 Å². The lowest BCUT2D eigenvalue weighted by molar-refractivity contribution is -0.172. The maximum absolute atomic E-state index is 14.5. The number of aryl methyl sites for hydroxylation is 2. The maximum atomic E-state index is 14.5. The van der Waals surface area contributed by atoms with Gasteiger partial charge in [-0.1, -0.05) is 12.2 Å². The van der Waals surface area contributed by atoms with Crippen LogP contribution in [0.1, 0.15) is 61.6 Å². The molecule has 13 nitrogen and oxygen atoms in total. The van der Waals surface area contributed by atoms with Gasteiger partial charge in [-0.05, 0) is 88.3 Å². The lowest BCUT2D eigenvalue weighted by Gasteiger charge is -2.46. The van der Waals surface area contributed by atoms with Crippen LogP contribution in [0.2, 0.25) is 0 Å². The van der Waals surface area contributed by atoms with Gasteiger partial charge in [0.05, 0.1) is 29.7 Å². The Morgan fingerprint density at radius 1 is 1.02 bits per heavy atom. The number of epoxide rings is 1. The van der Waals surface area contributed by atoms with E-state index in [9.17, 15) is 14.7 Å². The maximum Gasteiger partial charge on any atom is 0.342 e. The zero-order chi connectivity index (χ0) is 38.7. The van der Waals surface area contributed by atoms with Gasteiger partial charge >= 0.3 is 5.97 Å². The molecule has 5 N–H and O–H groups in total. The Morgan fingerprint density at radius 3 is 2.66 bits per heavy atom. The molecule has 7 aliphatic rings. The normalized spacial score (nSPS) is 27.8. The molecule has 3 aromatic heterocycles. The van der Waals surface area contributed by atoms with E-state index in [0.717, 1.165) is 35.5 Å². The number of nitrogen functional groups attached to an aromatic ring is 2. The number of aliphatic imine (C=N–C) groups is 1. The molecule has 1 spiro atoms. The van der Waals surface area contributed by atoms with Gasteiger partial charge in [-0.3, -0.25) is 9.79 Å². The molecule has 4 aromatic rings. The highest BCUT2D eigenvalue weighted by Crippen LogP contribution is 2.58. The van der Waals surface area contributed by atoms with Crippen LogP contribution in [0.15, 0.2) is 86.3 Å². The van der Waals surface area contributed by atoms with E-state index in [2.05, 4.69) is 32.0 Å². The van der Waals surface area contributed by atoms with Crippen LogP contribution in [-0.2, 0) is 27.2 Å². The molecule has 0 radical (unpaired) electrons. The van der Waals surface area contributed by atoms with Crippen LogP contribution in [-0.4, -0.2) is 62.1 Å². The van der Waals surface area contributed by atoms with Gasteiger partial charge in [0.1, 0.15) is 51.6 Å². The number of carbonyl (C=O) groups is 1. The second-order valence-corrected chi connectivity index (χ2v) is 16.4. The van der Waals surface area contributed by atoms with Crippen LogP contribution < -0.4 is 21.6 Å². The van der Waals surface area contributed by atoms with Crippen molar-refractivity contribution in [2.45, 2.75) is 82.3 Å². The molecule has 1 aromatic carbocycles. The van der Waals surface area contributed by atoms with Crippen molar-refractivity contribution in [3.05, 3.63) is 105 Å². The Kier molecular flexibility index (Phi) is 7.57. The summed E-state index contributed by atoms with van der Waals surface area (Å²) < 4.78 is 25.2. The first kappa shape index (κ1) is 34.5. The second-order valence-electron chi connectivity index (χ2n) is 16.4. The van der Waals surface area contributed by atoms with Gasteiger partial charge in [-0.25, -0.2) is 14.8 Å². The number of benzene rings is 1. The molecular weight excluding hydrogens is 713 g/mol. The number of ether oxygens (including phenoxy) is 3. The Morgan fingerprint density at radius 2 is 1.86 bits per heavy atom. The number of fused-ring (bicyclic) bond motifs is 5. The summed E-state index contributed by atoms with van der Waals surface area (Å²) in [4.78, 5) is 43.3. The van der Waals surface area contributed by atoms with Crippen molar-refractivity contribution >= 4 is 34.8 Å². The van der Waals surface area contributed by atoms with Gasteiger partial charge < -0.3 is 40.1 Å². The minimum absolute atomic E-state index is 0.0845. The molecule has 6 atom stereocenters. The minimum Gasteiger partial charge on any atom is -0.507 e. The lowest BCUT2D eigenvalue weighted by atomic mass is 9.69. The number of esters is 1. The minimum atomic E-state index is -1.16. The number of allylic oxidation sites excluding steroid dienone is 2. The number of phenols is 1. The van der Waals surface area contributed by atoms with E-state index >= 15 is 0 Å². The van der Waals surface area contributed by atoms with Crippen LogP contribution in [0.4, 0.5) is 11.6 Å². The first-order valence-corrected chi connectivity index (χ1v) is 19.2. The Hall–Kier alpha value is -5.95. The predicted octanol–water partition coefficient (Wildman–Crippen LogP) is 5.63. The van der Waals surface area contributed by atoms with Gasteiger partial charge in [0.2, 0.25) is 0 Å². The van der Waals surface area contributed by atoms with Crippen LogP contribution in [0.3, 0.4) is 0 Å². The van der Waals surface area contributed by atoms with E-state index < -0.39 is 35.3 Å². The summed E-state index contributed by atoms with van der Waals surface area (Å²) in [6, 6.07) is 10.7. The number of aromatic nitrogens is 2. The fraction of sp³-hybridized carbons (Fsp3) is 0.372. The highest BCUT2D eigenvalue weighted by molar-refractivity contribution is 5.88. The Labute approximate surface area is 322 Å². The Bertz CT molecular complexity index is 2560. The van der Waals surface area contributed by atoms with E-state index in [-0.39, 0.29) is 34.0 Å². The van der Waals surface area contributed by atoms with Crippen molar-refractivity contribution in [2.75, 3.05) is 18.0 Å². The van der Waals surface area contributed by atoms with Gasteiger partial charge in [-0.15, -0.1) is 0 Å². The zero-order valence-corrected chi connectivity index (χ0v) is 31.3. The number of carbonyl (C=O) groups excluding carboxylic acids is 1. The third-order valence-corrected chi connectivity index (χ3v) is 12.2. The molecule has 0 unspecified atom stereocenters. The molecule has 56 heavy (non-hydrogen) atoms. The van der Waals surface area contributed by atoms with Crippen molar-refractivity contribution in [1.29, 1.82) is 0 Å². The van der Waals surface area contributed by atoms with Crippen LogP contribution in [0.25, 0.3) is 22.2 Å². The van der Waals surface area contributed by atoms with Crippen molar-refractivity contribution in [2.24, 2.45) is 16.8 Å². The average Bonchev–Trinajstić information content (AvgIpc) is 3.48. The molecule has 13 heteroatoms. The van der Waals surface area contributed by atoms with Crippen LogP contribution in [0, 0.1) is 18.8 Å².